The number of carbonyl (C=O) groups excluding carboxylic acids is 3. The molecule has 12 heteroatoms. The van der Waals surface area contributed by atoms with Gasteiger partial charge in [0.05, 0.1) is 12.3 Å². The van der Waals surface area contributed by atoms with Crippen LogP contribution in [0.5, 0.6) is 0 Å². The lowest BCUT2D eigenvalue weighted by Crippen LogP contribution is -2.55. The Kier molecular flexibility index (Phi) is 11.6. The molecule has 0 unspecified atom stereocenters. The van der Waals surface area contributed by atoms with Gasteiger partial charge in [0.1, 0.15) is 6.04 Å². The number of sulfonamides is 1. The van der Waals surface area contributed by atoms with Crippen LogP contribution in [-0.2, 0) is 37.4 Å². The van der Waals surface area contributed by atoms with Crippen LogP contribution in [-0.4, -0.2) is 80.5 Å². The quantitative estimate of drug-likeness (QED) is 0.330. The molecule has 2 heterocycles. The molecule has 2 aromatic carbocycles. The van der Waals surface area contributed by atoms with Crippen molar-refractivity contribution in [1.29, 1.82) is 0 Å². The number of likely N-dealkylation sites (tertiary alicyclic amines) is 1. The molecule has 3 amide bonds. The predicted molar refractivity (Wildman–Crippen MR) is 168 cm³/mol. The lowest BCUT2D eigenvalue weighted by molar-refractivity contribution is -0.132. The fourth-order valence-electron chi connectivity index (χ4n) is 5.68. The molecular weight excluding hydrogens is 590 g/mol. The lowest BCUT2D eigenvalue weighted by atomic mass is 9.93. The highest BCUT2D eigenvalue weighted by atomic mass is 35.5. The first-order valence-corrected chi connectivity index (χ1v) is 17.2. The van der Waals surface area contributed by atoms with Crippen molar-refractivity contribution in [1.82, 2.24) is 19.8 Å². The topological polar surface area (TPSA) is 128 Å². The van der Waals surface area contributed by atoms with Crippen LogP contribution in [0.15, 0.2) is 42.5 Å². The molecule has 2 atom stereocenters. The van der Waals surface area contributed by atoms with Crippen LogP contribution >= 0.6 is 11.6 Å². The van der Waals surface area contributed by atoms with Gasteiger partial charge >= 0.3 is 0 Å². The first kappa shape index (κ1) is 32.9. The van der Waals surface area contributed by atoms with Crippen molar-refractivity contribution in [3.8, 4) is 0 Å². The van der Waals surface area contributed by atoms with Gasteiger partial charge in [-0.2, -0.15) is 0 Å². The predicted octanol–water partition coefficient (Wildman–Crippen LogP) is 3.23. The van der Waals surface area contributed by atoms with Crippen molar-refractivity contribution in [2.45, 2.75) is 70.5 Å². The number of piperidine rings is 1. The summed E-state index contributed by atoms with van der Waals surface area (Å²) in [5.74, 6) is -0.616. The molecule has 0 aromatic heterocycles. The fourth-order valence-corrected chi connectivity index (χ4v) is 6.29. The summed E-state index contributed by atoms with van der Waals surface area (Å²) in [6.07, 6.45) is 5.88. The monoisotopic (exact) mass is 631 g/mol. The highest BCUT2D eigenvalue weighted by Crippen LogP contribution is 2.25. The van der Waals surface area contributed by atoms with Crippen molar-refractivity contribution < 1.29 is 22.8 Å². The van der Waals surface area contributed by atoms with E-state index < -0.39 is 28.0 Å². The molecule has 0 spiro atoms. The molecule has 234 valence electrons. The third-order valence-corrected chi connectivity index (χ3v) is 9.20. The minimum atomic E-state index is -3.48. The number of fused-ring (bicyclic) bond motifs is 1. The number of nitrogens with zero attached hydrogens (tertiary/aromatic N) is 2. The van der Waals surface area contributed by atoms with Crippen LogP contribution in [0.1, 0.15) is 55.2 Å². The van der Waals surface area contributed by atoms with Crippen molar-refractivity contribution in [3.05, 3.63) is 64.2 Å². The minimum Gasteiger partial charge on any atom is -0.343 e. The van der Waals surface area contributed by atoms with Crippen molar-refractivity contribution in [2.24, 2.45) is 0 Å². The first-order chi connectivity index (χ1) is 20.5. The van der Waals surface area contributed by atoms with Crippen molar-refractivity contribution in [3.63, 3.8) is 0 Å². The van der Waals surface area contributed by atoms with E-state index in [0.29, 0.717) is 43.1 Å². The van der Waals surface area contributed by atoms with Gasteiger partial charge in [0.25, 0.3) is 0 Å². The van der Waals surface area contributed by atoms with Crippen LogP contribution in [0.25, 0.3) is 0 Å². The lowest BCUT2D eigenvalue weighted by Gasteiger charge is -2.37. The van der Waals surface area contributed by atoms with E-state index in [-0.39, 0.29) is 24.8 Å². The van der Waals surface area contributed by atoms with Gasteiger partial charge in [-0.1, -0.05) is 35.9 Å². The standard InChI is InChI=1S/C31H42ClN5O5S/c1-22-19-25(12-13-26(22)32)34-30(39)27(14-15-33-43(2,41)42)35-31(40)28-20-23-9-4-5-10-24(23)21-37(28)18-8-11-29(38)36-16-6-3-7-17-36/h4-5,9-10,12-13,19,27-28,33H,3,6-8,11,14-18,20-21H2,1-2H3,(H,34,39)(H,35,40)/t27-,28-/m0/s1. The van der Waals surface area contributed by atoms with Gasteiger partial charge in [-0.3, -0.25) is 19.3 Å². The highest BCUT2D eigenvalue weighted by molar-refractivity contribution is 7.88. The number of anilines is 1. The Morgan fingerprint density at radius 1 is 1.05 bits per heavy atom. The summed E-state index contributed by atoms with van der Waals surface area (Å²) >= 11 is 6.13. The average Bonchev–Trinajstić information content (AvgIpc) is 2.97. The molecule has 1 fully saturated rings. The number of benzene rings is 2. The summed E-state index contributed by atoms with van der Waals surface area (Å²) in [5, 5.41) is 6.29. The van der Waals surface area contributed by atoms with Gasteiger partial charge in [0.15, 0.2) is 0 Å². The molecule has 0 radical (unpaired) electrons. The zero-order valence-corrected chi connectivity index (χ0v) is 26.5. The molecule has 2 aromatic rings. The van der Waals surface area contributed by atoms with Gasteiger partial charge in [-0.25, -0.2) is 13.1 Å². The van der Waals surface area contributed by atoms with Crippen LogP contribution in [0.3, 0.4) is 0 Å². The summed E-state index contributed by atoms with van der Waals surface area (Å²) in [7, 11) is -3.48. The van der Waals surface area contributed by atoms with E-state index in [1.54, 1.807) is 18.2 Å². The van der Waals surface area contributed by atoms with Crippen LogP contribution in [0.2, 0.25) is 5.02 Å². The summed E-state index contributed by atoms with van der Waals surface area (Å²) < 4.78 is 25.8. The van der Waals surface area contributed by atoms with E-state index >= 15 is 0 Å². The van der Waals surface area contributed by atoms with Gasteiger partial charge < -0.3 is 15.5 Å². The second-order valence-corrected chi connectivity index (χ2v) is 13.7. The van der Waals surface area contributed by atoms with Crippen LogP contribution in [0.4, 0.5) is 5.69 Å². The highest BCUT2D eigenvalue weighted by Gasteiger charge is 2.33. The molecular formula is C31H42ClN5O5S. The Morgan fingerprint density at radius 2 is 1.77 bits per heavy atom. The molecule has 4 rings (SSSR count). The number of nitrogens with one attached hydrogen (secondary N) is 3. The molecule has 0 bridgehead atoms. The normalized spacial score (nSPS) is 18.0. The minimum absolute atomic E-state index is 0.0212. The molecule has 2 aliphatic rings. The number of amides is 3. The summed E-state index contributed by atoms with van der Waals surface area (Å²) in [4.78, 5) is 44.0. The summed E-state index contributed by atoms with van der Waals surface area (Å²) in [5.41, 5.74) is 3.52. The third kappa shape index (κ3) is 9.76. The second kappa shape index (κ2) is 15.1. The average molecular weight is 632 g/mol. The van der Waals surface area contributed by atoms with E-state index in [0.717, 1.165) is 55.3 Å². The van der Waals surface area contributed by atoms with Gasteiger partial charge in [-0.05, 0) is 86.9 Å². The van der Waals surface area contributed by atoms with Crippen LogP contribution < -0.4 is 15.4 Å². The SMILES string of the molecule is Cc1cc(NC(=O)[C@H](CCNS(C)(=O)=O)NC(=O)[C@@H]2Cc3ccccc3CN2CCCC(=O)N2CCCCC2)ccc1Cl. The van der Waals surface area contributed by atoms with E-state index in [4.69, 9.17) is 11.6 Å². The number of aryl methyl sites for hydroxylation is 1. The number of carbonyl (C=O) groups is 3. The molecule has 1 saturated heterocycles. The van der Waals surface area contributed by atoms with Gasteiger partial charge in [0, 0.05) is 43.3 Å². The maximum Gasteiger partial charge on any atom is 0.246 e. The van der Waals surface area contributed by atoms with E-state index in [1.807, 2.05) is 30.0 Å². The Bertz CT molecular complexity index is 1410. The number of hydrogen-bond donors (Lipinski definition) is 3. The number of rotatable bonds is 12. The molecule has 43 heavy (non-hydrogen) atoms. The van der Waals surface area contributed by atoms with Crippen molar-refractivity contribution >= 4 is 45.0 Å². The summed E-state index contributed by atoms with van der Waals surface area (Å²) in [6, 6.07) is 11.5. The molecule has 0 saturated carbocycles. The Hall–Kier alpha value is -2.99. The largest absolute Gasteiger partial charge is 0.343 e. The fraction of sp³-hybridized carbons (Fsp3) is 0.516. The molecule has 10 nitrogen and oxygen atoms in total. The van der Waals surface area contributed by atoms with E-state index in [9.17, 15) is 22.8 Å². The Morgan fingerprint density at radius 3 is 2.47 bits per heavy atom. The van der Waals surface area contributed by atoms with Crippen molar-refractivity contribution in [2.75, 3.05) is 37.8 Å². The van der Waals surface area contributed by atoms with Gasteiger partial charge in [-0.15, -0.1) is 0 Å². The first-order valence-electron chi connectivity index (χ1n) is 14.9. The van der Waals surface area contributed by atoms with E-state index in [1.165, 1.54) is 0 Å². The maximum atomic E-state index is 13.8. The zero-order valence-electron chi connectivity index (χ0n) is 24.9. The smallest absolute Gasteiger partial charge is 0.246 e. The zero-order chi connectivity index (χ0) is 31.0. The molecule has 3 N–H and O–H groups in total. The van der Waals surface area contributed by atoms with E-state index in [2.05, 4.69) is 26.3 Å². The maximum absolute atomic E-state index is 13.8. The molecule has 0 aliphatic carbocycles. The van der Waals surface area contributed by atoms with Crippen LogP contribution in [0, 0.1) is 6.92 Å². The Balaban J connectivity index is 1.46. The Labute approximate surface area is 259 Å². The number of hydrogen-bond acceptors (Lipinski definition) is 6. The van der Waals surface area contributed by atoms with Gasteiger partial charge in [0.2, 0.25) is 27.7 Å². The molecule has 2 aliphatic heterocycles. The second-order valence-electron chi connectivity index (χ2n) is 11.5. The number of halogens is 1. The summed E-state index contributed by atoms with van der Waals surface area (Å²) in [6.45, 7) is 4.54. The third-order valence-electron chi connectivity index (χ3n) is 8.05.